The smallest absolute Gasteiger partial charge is 0.416 e. The zero-order chi connectivity index (χ0) is 22.6. The van der Waals surface area contributed by atoms with Gasteiger partial charge in [0.25, 0.3) is 5.91 Å². The summed E-state index contributed by atoms with van der Waals surface area (Å²) < 4.78 is 82.2. The number of alkyl halides is 6. The van der Waals surface area contributed by atoms with Crippen LogP contribution in [0.25, 0.3) is 0 Å². The molecule has 1 amide bonds. The topological polar surface area (TPSA) is 67.3 Å². The summed E-state index contributed by atoms with van der Waals surface area (Å²) in [6.45, 7) is 0.456. The summed E-state index contributed by atoms with van der Waals surface area (Å²) in [6.07, 6.45) is -5.59. The molecule has 0 unspecified atom stereocenters. The minimum atomic E-state index is -4.99. The molecule has 0 spiro atoms. The highest BCUT2D eigenvalue weighted by Gasteiger charge is 2.37. The Balaban J connectivity index is 1.55. The van der Waals surface area contributed by atoms with Crippen molar-refractivity contribution < 1.29 is 35.9 Å². The molecule has 3 rings (SSSR count). The van der Waals surface area contributed by atoms with Crippen LogP contribution in [-0.2, 0) is 17.1 Å². The van der Waals surface area contributed by atoms with Crippen molar-refractivity contribution in [3.63, 3.8) is 0 Å². The van der Waals surface area contributed by atoms with E-state index < -0.39 is 41.7 Å². The molecule has 2 heterocycles. The second kappa shape index (κ2) is 8.98. The van der Waals surface area contributed by atoms with Gasteiger partial charge in [0.1, 0.15) is 5.75 Å². The first kappa shape index (κ1) is 22.6. The maximum absolute atomic E-state index is 12.9. The zero-order valence-electron chi connectivity index (χ0n) is 16.0. The van der Waals surface area contributed by atoms with Gasteiger partial charge in [-0.3, -0.25) is 4.79 Å². The van der Waals surface area contributed by atoms with E-state index in [1.807, 2.05) is 4.90 Å². The number of hydrogen-bond donors (Lipinski definition) is 1. The van der Waals surface area contributed by atoms with E-state index in [9.17, 15) is 31.1 Å². The van der Waals surface area contributed by atoms with Crippen molar-refractivity contribution in [3.05, 3.63) is 47.8 Å². The van der Waals surface area contributed by atoms with Crippen LogP contribution in [0.2, 0.25) is 0 Å². The van der Waals surface area contributed by atoms with E-state index in [0.29, 0.717) is 44.0 Å². The van der Waals surface area contributed by atoms with Gasteiger partial charge in [0.15, 0.2) is 6.61 Å². The number of anilines is 1. The van der Waals surface area contributed by atoms with Gasteiger partial charge in [0.05, 0.1) is 11.1 Å². The van der Waals surface area contributed by atoms with E-state index >= 15 is 0 Å². The molecule has 0 radical (unpaired) electrons. The first-order chi connectivity index (χ1) is 14.5. The maximum Gasteiger partial charge on any atom is 0.416 e. The quantitative estimate of drug-likeness (QED) is 0.707. The molecule has 0 bridgehead atoms. The Bertz CT molecular complexity index is 864. The average Bonchev–Trinajstić information content (AvgIpc) is 2.72. The van der Waals surface area contributed by atoms with Crippen LogP contribution in [0.3, 0.4) is 0 Å². The van der Waals surface area contributed by atoms with Crippen molar-refractivity contribution in [2.24, 2.45) is 0 Å². The third-order valence-corrected chi connectivity index (χ3v) is 4.63. The van der Waals surface area contributed by atoms with Crippen LogP contribution < -0.4 is 15.0 Å². The first-order valence-corrected chi connectivity index (χ1v) is 9.26. The van der Waals surface area contributed by atoms with Gasteiger partial charge in [-0.05, 0) is 37.1 Å². The molecule has 1 aromatic carbocycles. The number of ether oxygens (including phenoxy) is 1. The fourth-order valence-corrected chi connectivity index (χ4v) is 3.11. The molecule has 0 aliphatic carbocycles. The first-order valence-electron chi connectivity index (χ1n) is 9.26. The summed E-state index contributed by atoms with van der Waals surface area (Å²) in [4.78, 5) is 22.3. The van der Waals surface area contributed by atoms with Gasteiger partial charge in [0, 0.05) is 31.5 Å². The fourth-order valence-electron chi connectivity index (χ4n) is 3.11. The van der Waals surface area contributed by atoms with Gasteiger partial charge in [-0.1, -0.05) is 0 Å². The van der Waals surface area contributed by atoms with E-state index in [1.54, 1.807) is 18.5 Å². The lowest BCUT2D eigenvalue weighted by Gasteiger charge is -2.32. The number of hydrogen-bond acceptors (Lipinski definition) is 5. The SMILES string of the molecule is O=C(COc1cc(C(F)(F)F)cc(C(F)(F)F)c1)NC1CCN(c2ncccn2)CC1. The molecule has 0 saturated carbocycles. The minimum absolute atomic E-state index is 0.00282. The molecule has 1 saturated heterocycles. The van der Waals surface area contributed by atoms with Crippen molar-refractivity contribution in [1.82, 2.24) is 15.3 Å². The number of rotatable bonds is 5. The molecule has 6 nitrogen and oxygen atoms in total. The molecule has 2 aromatic rings. The average molecular weight is 448 g/mol. The predicted molar refractivity (Wildman–Crippen MR) is 97.4 cm³/mol. The van der Waals surface area contributed by atoms with E-state index in [1.165, 1.54) is 0 Å². The molecular weight excluding hydrogens is 430 g/mol. The molecule has 1 N–H and O–H groups in total. The van der Waals surface area contributed by atoms with Crippen LogP contribution >= 0.6 is 0 Å². The minimum Gasteiger partial charge on any atom is -0.484 e. The highest BCUT2D eigenvalue weighted by atomic mass is 19.4. The number of nitrogens with one attached hydrogen (secondary N) is 1. The van der Waals surface area contributed by atoms with E-state index in [2.05, 4.69) is 15.3 Å². The lowest BCUT2D eigenvalue weighted by Crippen LogP contribution is -2.46. The van der Waals surface area contributed by atoms with Crippen LogP contribution in [0.15, 0.2) is 36.7 Å². The summed E-state index contributed by atoms with van der Waals surface area (Å²) in [5.74, 6) is -0.755. The van der Waals surface area contributed by atoms with Crippen molar-refractivity contribution in [1.29, 1.82) is 0 Å². The Morgan fingerprint density at radius 1 is 1.00 bits per heavy atom. The third-order valence-electron chi connectivity index (χ3n) is 4.63. The van der Waals surface area contributed by atoms with Gasteiger partial charge in [-0.2, -0.15) is 26.3 Å². The van der Waals surface area contributed by atoms with Crippen molar-refractivity contribution >= 4 is 11.9 Å². The van der Waals surface area contributed by atoms with Crippen LogP contribution in [0, 0.1) is 0 Å². The van der Waals surface area contributed by atoms with Crippen molar-refractivity contribution in [2.45, 2.75) is 31.2 Å². The molecule has 1 aromatic heterocycles. The van der Waals surface area contributed by atoms with Gasteiger partial charge < -0.3 is 15.0 Å². The summed E-state index contributed by atoms with van der Waals surface area (Å²) in [6, 6.07) is 2.35. The zero-order valence-corrected chi connectivity index (χ0v) is 16.0. The monoisotopic (exact) mass is 448 g/mol. The number of halogens is 6. The standard InChI is InChI=1S/C19H18F6N4O2/c20-18(21,22)12-8-13(19(23,24)25)10-15(9-12)31-11-16(30)28-14-2-6-29(7-3-14)17-26-4-1-5-27-17/h1,4-5,8-10,14H,2-3,6-7,11H2,(H,28,30). The van der Waals surface area contributed by atoms with Crippen LogP contribution in [0.1, 0.15) is 24.0 Å². The highest BCUT2D eigenvalue weighted by Crippen LogP contribution is 2.38. The Kier molecular flexibility index (Phi) is 6.56. The number of benzene rings is 1. The van der Waals surface area contributed by atoms with Crippen LogP contribution in [0.4, 0.5) is 32.3 Å². The summed E-state index contributed by atoms with van der Waals surface area (Å²) in [5.41, 5.74) is -3.01. The van der Waals surface area contributed by atoms with Gasteiger partial charge >= 0.3 is 12.4 Å². The molecule has 168 valence electrons. The lowest BCUT2D eigenvalue weighted by atomic mass is 10.1. The van der Waals surface area contributed by atoms with E-state index in [-0.39, 0.29) is 12.1 Å². The third kappa shape index (κ3) is 6.22. The predicted octanol–water partition coefficient (Wildman–Crippen LogP) is 3.68. The largest absolute Gasteiger partial charge is 0.484 e. The van der Waals surface area contributed by atoms with Gasteiger partial charge in [0.2, 0.25) is 5.95 Å². The molecule has 31 heavy (non-hydrogen) atoms. The lowest BCUT2D eigenvalue weighted by molar-refractivity contribution is -0.143. The molecular formula is C19H18F6N4O2. The number of piperidine rings is 1. The summed E-state index contributed by atoms with van der Waals surface area (Å²) >= 11 is 0. The normalized spacial score (nSPS) is 15.6. The molecule has 1 aliphatic heterocycles. The second-order valence-electron chi connectivity index (χ2n) is 6.91. The molecule has 1 fully saturated rings. The van der Waals surface area contributed by atoms with Crippen molar-refractivity contribution in [2.75, 3.05) is 24.6 Å². The van der Waals surface area contributed by atoms with Gasteiger partial charge in [-0.15, -0.1) is 0 Å². The summed E-state index contributed by atoms with van der Waals surface area (Å²) in [5, 5.41) is 2.67. The highest BCUT2D eigenvalue weighted by molar-refractivity contribution is 5.77. The maximum atomic E-state index is 12.9. The number of carbonyl (C=O) groups is 1. The Labute approximate surface area is 173 Å². The molecule has 12 heteroatoms. The molecule has 1 aliphatic rings. The number of aromatic nitrogens is 2. The number of amides is 1. The molecule has 0 atom stereocenters. The Morgan fingerprint density at radius 2 is 1.55 bits per heavy atom. The van der Waals surface area contributed by atoms with E-state index in [4.69, 9.17) is 4.74 Å². The number of nitrogens with zero attached hydrogens (tertiary/aromatic N) is 3. The van der Waals surface area contributed by atoms with Crippen LogP contribution in [-0.4, -0.2) is 41.6 Å². The Morgan fingerprint density at radius 3 is 2.06 bits per heavy atom. The second-order valence-corrected chi connectivity index (χ2v) is 6.91. The fraction of sp³-hybridized carbons (Fsp3) is 0.421. The number of carbonyl (C=O) groups excluding carboxylic acids is 1. The summed E-state index contributed by atoms with van der Waals surface area (Å²) in [7, 11) is 0. The van der Waals surface area contributed by atoms with Gasteiger partial charge in [-0.25, -0.2) is 9.97 Å². The Hall–Kier alpha value is -3.05. The van der Waals surface area contributed by atoms with Crippen molar-refractivity contribution in [3.8, 4) is 5.75 Å². The van der Waals surface area contributed by atoms with E-state index in [0.717, 1.165) is 0 Å². The van der Waals surface area contributed by atoms with Crippen LogP contribution in [0.5, 0.6) is 5.75 Å².